The molecule has 0 aliphatic carbocycles. The lowest BCUT2D eigenvalue weighted by Crippen LogP contribution is -1.99. The first-order valence-corrected chi connectivity index (χ1v) is 5.37. The van der Waals surface area contributed by atoms with Gasteiger partial charge in [-0.15, -0.1) is 0 Å². The number of rotatable bonds is 2. The van der Waals surface area contributed by atoms with Crippen molar-refractivity contribution in [2.24, 2.45) is 0 Å². The molecule has 1 heterocycles. The van der Waals surface area contributed by atoms with Crippen LogP contribution >= 0.6 is 0 Å². The van der Waals surface area contributed by atoms with Crippen LogP contribution in [-0.4, -0.2) is 9.78 Å². The topological polar surface area (TPSA) is 17.8 Å². The lowest BCUT2D eigenvalue weighted by Gasteiger charge is -2.01. The summed E-state index contributed by atoms with van der Waals surface area (Å²) in [6.07, 6.45) is 3.77. The van der Waals surface area contributed by atoms with Crippen LogP contribution in [0.5, 0.6) is 0 Å². The Bertz CT molecular complexity index is 360. The molecule has 0 atom stereocenters. The molecule has 0 aliphatic heterocycles. The van der Waals surface area contributed by atoms with E-state index in [1.54, 1.807) is 6.20 Å². The molecule has 2 heteroatoms. The summed E-state index contributed by atoms with van der Waals surface area (Å²) in [4.78, 5) is 0. The van der Waals surface area contributed by atoms with Crippen LogP contribution in [0.1, 0.15) is 25.0 Å². The summed E-state index contributed by atoms with van der Waals surface area (Å²) in [5, 5.41) is 4.15. The van der Waals surface area contributed by atoms with Crippen molar-refractivity contribution in [3.63, 3.8) is 0 Å². The number of hydrogen-bond donors (Lipinski definition) is 0. The van der Waals surface area contributed by atoms with Crippen molar-refractivity contribution in [2.75, 3.05) is 0 Å². The van der Waals surface area contributed by atoms with Gasteiger partial charge < -0.3 is 0 Å². The smallest absolute Gasteiger partial charge is 0.0659 e. The van der Waals surface area contributed by atoms with Crippen LogP contribution in [-0.2, 0) is 6.54 Å². The summed E-state index contributed by atoms with van der Waals surface area (Å²) in [5.74, 6) is 0. The van der Waals surface area contributed by atoms with E-state index in [1.165, 1.54) is 11.1 Å². The van der Waals surface area contributed by atoms with Gasteiger partial charge in [0.05, 0.1) is 6.54 Å². The van der Waals surface area contributed by atoms with Crippen molar-refractivity contribution in [3.8, 4) is 0 Å². The van der Waals surface area contributed by atoms with E-state index in [0.29, 0.717) is 0 Å². The fraction of sp³-hybridized carbons (Fsp3) is 0.308. The molecule has 0 aliphatic rings. The standard InChI is InChI=1S/C11H12N2.C2H6/c1-10-3-5-11(6-4-10)9-13-8-2-7-12-13;1-2/h2-8H,9H2,1H3;1-2H3. The molecule has 0 unspecified atom stereocenters. The van der Waals surface area contributed by atoms with Crippen LogP contribution in [0.2, 0.25) is 0 Å². The molecule has 1 aromatic carbocycles. The van der Waals surface area contributed by atoms with Gasteiger partial charge in [0.1, 0.15) is 0 Å². The maximum Gasteiger partial charge on any atom is 0.0659 e. The summed E-state index contributed by atoms with van der Waals surface area (Å²) in [6, 6.07) is 10.5. The predicted molar refractivity (Wildman–Crippen MR) is 63.9 cm³/mol. The van der Waals surface area contributed by atoms with Gasteiger partial charge in [0, 0.05) is 12.4 Å². The molecule has 0 fully saturated rings. The second-order valence-electron chi connectivity index (χ2n) is 3.19. The van der Waals surface area contributed by atoms with E-state index in [4.69, 9.17) is 0 Å². The molecular weight excluding hydrogens is 184 g/mol. The van der Waals surface area contributed by atoms with E-state index >= 15 is 0 Å². The van der Waals surface area contributed by atoms with Crippen LogP contribution in [0.15, 0.2) is 42.7 Å². The molecule has 0 spiro atoms. The molecule has 2 nitrogen and oxygen atoms in total. The Morgan fingerprint density at radius 1 is 1.13 bits per heavy atom. The highest BCUT2D eigenvalue weighted by atomic mass is 15.3. The Morgan fingerprint density at radius 2 is 1.80 bits per heavy atom. The number of aryl methyl sites for hydroxylation is 1. The Labute approximate surface area is 91.6 Å². The maximum atomic E-state index is 4.15. The monoisotopic (exact) mass is 202 g/mol. The summed E-state index contributed by atoms with van der Waals surface area (Å²) in [5.41, 5.74) is 2.58. The van der Waals surface area contributed by atoms with Crippen LogP contribution in [0, 0.1) is 6.92 Å². The molecule has 0 N–H and O–H groups in total. The number of nitrogens with zero attached hydrogens (tertiary/aromatic N) is 2. The average molecular weight is 202 g/mol. The van der Waals surface area contributed by atoms with E-state index in [-0.39, 0.29) is 0 Å². The predicted octanol–water partition coefficient (Wildman–Crippen LogP) is 3.27. The van der Waals surface area contributed by atoms with Crippen molar-refractivity contribution < 1.29 is 0 Å². The molecule has 1 aromatic heterocycles. The summed E-state index contributed by atoms with van der Waals surface area (Å²) >= 11 is 0. The highest BCUT2D eigenvalue weighted by molar-refractivity contribution is 5.21. The normalized spacial score (nSPS) is 9.27. The van der Waals surface area contributed by atoms with Crippen LogP contribution in [0.4, 0.5) is 0 Å². The SMILES string of the molecule is CC.Cc1ccc(Cn2cccn2)cc1. The van der Waals surface area contributed by atoms with Crippen LogP contribution in [0.25, 0.3) is 0 Å². The molecule has 2 rings (SSSR count). The Hall–Kier alpha value is -1.57. The molecule has 2 aromatic rings. The van der Waals surface area contributed by atoms with Crippen molar-refractivity contribution in [1.82, 2.24) is 9.78 Å². The largest absolute Gasteiger partial charge is 0.268 e. The zero-order valence-corrected chi connectivity index (χ0v) is 9.64. The molecule has 15 heavy (non-hydrogen) atoms. The summed E-state index contributed by atoms with van der Waals surface area (Å²) in [6.45, 7) is 6.95. The van der Waals surface area contributed by atoms with Crippen molar-refractivity contribution in [1.29, 1.82) is 0 Å². The third-order valence-corrected chi connectivity index (χ3v) is 2.02. The molecule has 0 bridgehead atoms. The van der Waals surface area contributed by atoms with Gasteiger partial charge in [-0.3, -0.25) is 4.68 Å². The molecule has 80 valence electrons. The second kappa shape index (κ2) is 6.02. The van der Waals surface area contributed by atoms with Gasteiger partial charge in [-0.2, -0.15) is 5.10 Å². The van der Waals surface area contributed by atoms with Gasteiger partial charge in [0.2, 0.25) is 0 Å². The van der Waals surface area contributed by atoms with Crippen molar-refractivity contribution in [2.45, 2.75) is 27.3 Å². The highest BCUT2D eigenvalue weighted by Gasteiger charge is 1.93. The van der Waals surface area contributed by atoms with E-state index in [9.17, 15) is 0 Å². The summed E-state index contributed by atoms with van der Waals surface area (Å²) < 4.78 is 1.92. The first-order chi connectivity index (χ1) is 7.34. The van der Waals surface area contributed by atoms with E-state index in [1.807, 2.05) is 30.8 Å². The van der Waals surface area contributed by atoms with E-state index in [0.717, 1.165) is 6.54 Å². The zero-order chi connectivity index (χ0) is 11.1. The first kappa shape index (κ1) is 11.5. The minimum absolute atomic E-state index is 0.854. The van der Waals surface area contributed by atoms with E-state index < -0.39 is 0 Å². The molecule has 0 amide bonds. The first-order valence-electron chi connectivity index (χ1n) is 5.37. The maximum absolute atomic E-state index is 4.15. The van der Waals surface area contributed by atoms with Gasteiger partial charge in [-0.1, -0.05) is 43.7 Å². The third-order valence-electron chi connectivity index (χ3n) is 2.02. The van der Waals surface area contributed by atoms with Crippen LogP contribution < -0.4 is 0 Å². The fourth-order valence-electron chi connectivity index (χ4n) is 1.27. The highest BCUT2D eigenvalue weighted by Crippen LogP contribution is 2.04. The lowest BCUT2D eigenvalue weighted by atomic mass is 10.1. The van der Waals surface area contributed by atoms with Gasteiger partial charge >= 0.3 is 0 Å². The number of aromatic nitrogens is 2. The zero-order valence-electron chi connectivity index (χ0n) is 9.64. The van der Waals surface area contributed by atoms with Gasteiger partial charge in [0.25, 0.3) is 0 Å². The Kier molecular flexibility index (Phi) is 4.61. The van der Waals surface area contributed by atoms with Gasteiger partial charge in [-0.05, 0) is 18.6 Å². The Morgan fingerprint density at radius 3 is 2.33 bits per heavy atom. The average Bonchev–Trinajstić information content (AvgIpc) is 2.77. The van der Waals surface area contributed by atoms with Crippen molar-refractivity contribution >= 4 is 0 Å². The second-order valence-corrected chi connectivity index (χ2v) is 3.19. The van der Waals surface area contributed by atoms with Gasteiger partial charge in [0.15, 0.2) is 0 Å². The van der Waals surface area contributed by atoms with Crippen LogP contribution in [0.3, 0.4) is 0 Å². The van der Waals surface area contributed by atoms with E-state index in [2.05, 4.69) is 36.3 Å². The van der Waals surface area contributed by atoms with Crippen molar-refractivity contribution in [3.05, 3.63) is 53.9 Å². The summed E-state index contributed by atoms with van der Waals surface area (Å²) in [7, 11) is 0. The number of hydrogen-bond acceptors (Lipinski definition) is 1. The molecule has 0 saturated heterocycles. The minimum atomic E-state index is 0.854. The quantitative estimate of drug-likeness (QED) is 0.731. The number of benzene rings is 1. The lowest BCUT2D eigenvalue weighted by molar-refractivity contribution is 0.687. The third kappa shape index (κ3) is 3.58. The molecule has 0 saturated carbocycles. The molecular formula is C13H18N2. The van der Waals surface area contributed by atoms with Gasteiger partial charge in [-0.25, -0.2) is 0 Å². The molecule has 0 radical (unpaired) electrons. The Balaban J connectivity index is 0.000000531. The fourth-order valence-corrected chi connectivity index (χ4v) is 1.27. The minimum Gasteiger partial charge on any atom is -0.268 e.